The molecule has 0 saturated carbocycles. The van der Waals surface area contributed by atoms with Crippen LogP contribution in [0.5, 0.6) is 0 Å². The standard InChI is InChI=1S/C33H63N3O6.C2H6/c1-23(42-19-17-32(10,11)27(40)35-22-31(8,9)20-29(2,3)4)16-18-34-25(37)15-14-24(26(38)39)36-28(41)33(12,13)21-30(5,6)7;1-2/h23-24H,14-22H2,1-13H3,(H,34,37)(H,35,40)(H,36,41)(H,38,39);1-2H3. The molecule has 2 unspecified atom stereocenters. The van der Waals surface area contributed by atoms with E-state index in [1.165, 1.54) is 0 Å². The summed E-state index contributed by atoms with van der Waals surface area (Å²) < 4.78 is 5.90. The van der Waals surface area contributed by atoms with E-state index >= 15 is 0 Å². The first kappa shape index (κ1) is 44.0. The minimum absolute atomic E-state index is 0.00487. The van der Waals surface area contributed by atoms with Gasteiger partial charge in [0.25, 0.3) is 0 Å². The molecule has 4 N–H and O–H groups in total. The van der Waals surface area contributed by atoms with Gasteiger partial charge >= 0.3 is 5.97 Å². The Morgan fingerprint density at radius 1 is 0.727 bits per heavy atom. The Hall–Kier alpha value is -2.16. The van der Waals surface area contributed by atoms with Gasteiger partial charge in [0.15, 0.2) is 0 Å². The maximum absolute atomic E-state index is 12.8. The molecule has 9 heteroatoms. The molecule has 3 amide bonds. The van der Waals surface area contributed by atoms with Gasteiger partial charge in [-0.15, -0.1) is 0 Å². The van der Waals surface area contributed by atoms with E-state index < -0.39 is 22.8 Å². The van der Waals surface area contributed by atoms with Crippen LogP contribution in [0.15, 0.2) is 0 Å². The van der Waals surface area contributed by atoms with Gasteiger partial charge in [-0.25, -0.2) is 4.79 Å². The van der Waals surface area contributed by atoms with Crippen LogP contribution in [0.25, 0.3) is 0 Å². The highest BCUT2D eigenvalue weighted by atomic mass is 16.5. The summed E-state index contributed by atoms with van der Waals surface area (Å²) >= 11 is 0. The molecule has 0 aromatic rings. The Morgan fingerprint density at radius 2 is 1.25 bits per heavy atom. The Kier molecular flexibility index (Phi) is 18.7. The fraction of sp³-hybridized carbons (Fsp3) is 0.886. The molecule has 0 aromatic heterocycles. The molecule has 9 nitrogen and oxygen atoms in total. The highest BCUT2D eigenvalue weighted by molar-refractivity contribution is 5.87. The first-order chi connectivity index (χ1) is 19.8. The summed E-state index contributed by atoms with van der Waals surface area (Å²) in [5.41, 5.74) is -1.19. The van der Waals surface area contributed by atoms with Gasteiger partial charge in [-0.05, 0) is 55.3 Å². The van der Waals surface area contributed by atoms with Gasteiger partial charge < -0.3 is 25.8 Å². The van der Waals surface area contributed by atoms with Crippen molar-refractivity contribution in [2.24, 2.45) is 27.1 Å². The largest absolute Gasteiger partial charge is 0.480 e. The number of ether oxygens (including phenoxy) is 1. The van der Waals surface area contributed by atoms with Crippen molar-refractivity contribution in [1.29, 1.82) is 0 Å². The Bertz CT molecular complexity index is 897. The number of hydrogen-bond acceptors (Lipinski definition) is 5. The average Bonchev–Trinajstić information content (AvgIpc) is 2.82. The zero-order valence-corrected chi connectivity index (χ0v) is 31.0. The van der Waals surface area contributed by atoms with E-state index in [4.69, 9.17) is 4.74 Å². The molecule has 0 radical (unpaired) electrons. The van der Waals surface area contributed by atoms with Gasteiger partial charge in [-0.1, -0.05) is 96.9 Å². The summed E-state index contributed by atoms with van der Waals surface area (Å²) in [4.78, 5) is 49.6. The van der Waals surface area contributed by atoms with Gasteiger partial charge in [0.05, 0.1) is 6.10 Å². The van der Waals surface area contributed by atoms with Crippen molar-refractivity contribution < 1.29 is 29.0 Å². The van der Waals surface area contributed by atoms with Crippen LogP contribution in [0.3, 0.4) is 0 Å². The van der Waals surface area contributed by atoms with E-state index in [1.54, 1.807) is 13.8 Å². The topological polar surface area (TPSA) is 134 Å². The summed E-state index contributed by atoms with van der Waals surface area (Å²) in [7, 11) is 0. The summed E-state index contributed by atoms with van der Waals surface area (Å²) in [6, 6.07) is -1.13. The third-order valence-electron chi connectivity index (χ3n) is 7.20. The second kappa shape index (κ2) is 18.7. The van der Waals surface area contributed by atoms with Crippen molar-refractivity contribution in [1.82, 2.24) is 16.0 Å². The fourth-order valence-corrected chi connectivity index (χ4v) is 5.56. The van der Waals surface area contributed by atoms with Crippen molar-refractivity contribution in [3.05, 3.63) is 0 Å². The normalized spacial score (nSPS) is 14.1. The minimum Gasteiger partial charge on any atom is -0.480 e. The molecule has 44 heavy (non-hydrogen) atoms. The van der Waals surface area contributed by atoms with Crippen molar-refractivity contribution in [3.63, 3.8) is 0 Å². The second-order valence-corrected chi connectivity index (χ2v) is 16.6. The molecule has 2 atom stereocenters. The van der Waals surface area contributed by atoms with Crippen molar-refractivity contribution >= 4 is 23.7 Å². The number of rotatable bonds is 18. The molecule has 0 aromatic carbocycles. The lowest BCUT2D eigenvalue weighted by Gasteiger charge is -2.34. The summed E-state index contributed by atoms with van der Waals surface area (Å²) in [6.07, 6.45) is 2.64. The predicted octanol–water partition coefficient (Wildman–Crippen LogP) is 6.73. The van der Waals surface area contributed by atoms with Crippen molar-refractivity contribution in [2.75, 3.05) is 19.7 Å². The van der Waals surface area contributed by atoms with Crippen LogP contribution in [0, 0.1) is 27.1 Å². The number of carboxylic acids is 1. The van der Waals surface area contributed by atoms with Gasteiger partial charge in [-0.2, -0.15) is 0 Å². The van der Waals surface area contributed by atoms with E-state index in [1.807, 2.05) is 55.4 Å². The molecule has 0 aliphatic rings. The Labute approximate surface area is 269 Å². The predicted molar refractivity (Wildman–Crippen MR) is 180 cm³/mol. The second-order valence-electron chi connectivity index (χ2n) is 16.6. The maximum atomic E-state index is 12.8. The zero-order valence-electron chi connectivity index (χ0n) is 31.0. The monoisotopic (exact) mass is 628 g/mol. The minimum atomic E-state index is -1.16. The summed E-state index contributed by atoms with van der Waals surface area (Å²) in [6.45, 7) is 31.9. The van der Waals surface area contributed by atoms with Gasteiger partial charge in [-0.3, -0.25) is 14.4 Å². The van der Waals surface area contributed by atoms with Crippen molar-refractivity contribution in [2.45, 2.75) is 155 Å². The molecule has 0 heterocycles. The van der Waals surface area contributed by atoms with E-state index in [2.05, 4.69) is 50.6 Å². The van der Waals surface area contributed by atoms with Crippen LogP contribution in [0.2, 0.25) is 0 Å². The van der Waals surface area contributed by atoms with E-state index in [-0.39, 0.29) is 52.9 Å². The molecule has 0 aliphatic carbocycles. The highest BCUT2D eigenvalue weighted by Gasteiger charge is 2.35. The number of nitrogens with one attached hydrogen (secondary N) is 3. The Morgan fingerprint density at radius 3 is 1.73 bits per heavy atom. The van der Waals surface area contributed by atoms with E-state index in [0.717, 1.165) is 6.42 Å². The van der Waals surface area contributed by atoms with Gasteiger partial charge in [0, 0.05) is 36.9 Å². The van der Waals surface area contributed by atoms with E-state index in [0.29, 0.717) is 39.0 Å². The quantitative estimate of drug-likeness (QED) is 0.133. The van der Waals surface area contributed by atoms with Crippen LogP contribution < -0.4 is 16.0 Å². The first-order valence-electron chi connectivity index (χ1n) is 16.5. The lowest BCUT2D eigenvalue weighted by molar-refractivity contribution is -0.144. The molecular formula is C35H69N3O6. The number of hydrogen-bond donors (Lipinski definition) is 4. The number of carbonyl (C=O) groups is 4. The van der Waals surface area contributed by atoms with Crippen LogP contribution in [0.4, 0.5) is 0 Å². The molecule has 0 bridgehead atoms. The molecule has 0 aliphatic heterocycles. The number of amides is 3. The van der Waals surface area contributed by atoms with Crippen molar-refractivity contribution in [3.8, 4) is 0 Å². The van der Waals surface area contributed by atoms with E-state index in [9.17, 15) is 24.3 Å². The Balaban J connectivity index is 0. The third kappa shape index (κ3) is 20.7. The zero-order chi connectivity index (χ0) is 35.2. The molecule has 0 spiro atoms. The first-order valence-corrected chi connectivity index (χ1v) is 16.5. The summed E-state index contributed by atoms with van der Waals surface area (Å²) in [5.74, 6) is -1.75. The lowest BCUT2D eigenvalue weighted by atomic mass is 9.75. The fourth-order valence-electron chi connectivity index (χ4n) is 5.56. The maximum Gasteiger partial charge on any atom is 0.326 e. The smallest absolute Gasteiger partial charge is 0.326 e. The van der Waals surface area contributed by atoms with Gasteiger partial charge in [0.2, 0.25) is 17.7 Å². The average molecular weight is 628 g/mol. The van der Waals surface area contributed by atoms with Gasteiger partial charge in [0.1, 0.15) is 6.04 Å². The van der Waals surface area contributed by atoms with Crippen LogP contribution >= 0.6 is 0 Å². The number of carbonyl (C=O) groups excluding carboxylic acids is 3. The lowest BCUT2D eigenvalue weighted by Crippen LogP contribution is -2.48. The highest BCUT2D eigenvalue weighted by Crippen LogP contribution is 2.34. The van der Waals surface area contributed by atoms with Crippen LogP contribution in [-0.4, -0.2) is 60.6 Å². The SMILES string of the molecule is CC.CC(CCNC(=O)CCC(NC(=O)C(C)(C)CC(C)(C)C)C(=O)O)OCCC(C)(C)C(=O)NCC(C)(C)CC(C)(C)C. The number of aliphatic carboxylic acids is 1. The summed E-state index contributed by atoms with van der Waals surface area (Å²) in [5, 5.41) is 18.1. The number of carboxylic acid groups (broad SMARTS) is 1. The third-order valence-corrected chi connectivity index (χ3v) is 7.20. The van der Waals surface area contributed by atoms with Crippen LogP contribution in [-0.2, 0) is 23.9 Å². The molecule has 0 rings (SSSR count). The van der Waals surface area contributed by atoms with Crippen LogP contribution in [0.1, 0.15) is 142 Å². The molecule has 260 valence electrons. The molecule has 0 saturated heterocycles. The molecule has 0 fully saturated rings. The molecular weight excluding hydrogens is 558 g/mol.